The van der Waals surface area contributed by atoms with Gasteiger partial charge < -0.3 is 15.0 Å². The van der Waals surface area contributed by atoms with Gasteiger partial charge in [-0.2, -0.15) is 4.98 Å². The Labute approximate surface area is 105 Å². The van der Waals surface area contributed by atoms with Crippen LogP contribution >= 0.6 is 0 Å². The van der Waals surface area contributed by atoms with Gasteiger partial charge in [-0.15, -0.1) is 0 Å². The van der Waals surface area contributed by atoms with Crippen LogP contribution in [0.25, 0.3) is 11.5 Å². The van der Waals surface area contributed by atoms with Crippen LogP contribution in [0.5, 0.6) is 0 Å². The minimum absolute atomic E-state index is 0.189. The lowest BCUT2D eigenvalue weighted by Gasteiger charge is -2.14. The summed E-state index contributed by atoms with van der Waals surface area (Å²) in [5, 5.41) is 3.94. The van der Waals surface area contributed by atoms with Crippen LogP contribution in [0.3, 0.4) is 0 Å². The zero-order chi connectivity index (χ0) is 13.1. The van der Waals surface area contributed by atoms with Crippen molar-refractivity contribution in [3.63, 3.8) is 0 Å². The van der Waals surface area contributed by atoms with Crippen molar-refractivity contribution >= 4 is 5.69 Å². The molecule has 2 heterocycles. The molecule has 0 aromatic carbocycles. The van der Waals surface area contributed by atoms with Crippen molar-refractivity contribution in [3.05, 3.63) is 24.3 Å². The summed E-state index contributed by atoms with van der Waals surface area (Å²) < 4.78 is 10.6. The Morgan fingerprint density at radius 3 is 2.78 bits per heavy atom. The van der Waals surface area contributed by atoms with Crippen molar-refractivity contribution < 1.29 is 9.26 Å². The van der Waals surface area contributed by atoms with Gasteiger partial charge in [0.1, 0.15) is 6.10 Å². The molecular formula is C12H16N4O2. The average Bonchev–Trinajstić information content (AvgIpc) is 2.79. The van der Waals surface area contributed by atoms with Gasteiger partial charge in [0.05, 0.1) is 17.4 Å². The molecule has 0 radical (unpaired) electrons. The molecule has 0 saturated carbocycles. The maximum Gasteiger partial charge on any atom is 0.260 e. The first kappa shape index (κ1) is 12.5. The van der Waals surface area contributed by atoms with E-state index in [1.807, 2.05) is 13.8 Å². The van der Waals surface area contributed by atoms with Crippen molar-refractivity contribution in [3.8, 4) is 11.5 Å². The van der Waals surface area contributed by atoms with Crippen molar-refractivity contribution in [1.29, 1.82) is 0 Å². The molecule has 0 fully saturated rings. The summed E-state index contributed by atoms with van der Waals surface area (Å²) in [5.74, 6) is 1.17. The Balaban J connectivity index is 2.34. The predicted octanol–water partition coefficient (Wildman–Crippen LogP) is 2.06. The number of nitrogens with zero attached hydrogens (tertiary/aromatic N) is 3. The van der Waals surface area contributed by atoms with E-state index in [1.54, 1.807) is 25.6 Å². The number of anilines is 1. The molecule has 0 amide bonds. The Morgan fingerprint density at radius 2 is 2.17 bits per heavy atom. The van der Waals surface area contributed by atoms with Gasteiger partial charge in [-0.25, -0.2) is 0 Å². The van der Waals surface area contributed by atoms with E-state index in [2.05, 4.69) is 15.1 Å². The number of rotatable bonds is 4. The number of aromatic nitrogens is 3. The number of nitrogen functional groups attached to an aromatic ring is 1. The first-order chi connectivity index (χ1) is 8.63. The number of hydrogen-bond donors (Lipinski definition) is 1. The minimum Gasteiger partial charge on any atom is -0.397 e. The molecule has 0 aliphatic rings. The maximum absolute atomic E-state index is 5.81. The molecule has 1 unspecified atom stereocenters. The molecule has 2 aromatic heterocycles. The molecule has 1 atom stereocenters. The normalized spacial score (nSPS) is 12.9. The van der Waals surface area contributed by atoms with Crippen molar-refractivity contribution in [1.82, 2.24) is 15.1 Å². The van der Waals surface area contributed by atoms with Gasteiger partial charge in [0.25, 0.3) is 5.89 Å². The van der Waals surface area contributed by atoms with E-state index in [0.29, 0.717) is 23.0 Å². The monoisotopic (exact) mass is 248 g/mol. The van der Waals surface area contributed by atoms with E-state index in [-0.39, 0.29) is 12.0 Å². The number of methoxy groups -OCH3 is 1. The van der Waals surface area contributed by atoms with Gasteiger partial charge in [-0.1, -0.05) is 19.0 Å². The van der Waals surface area contributed by atoms with Gasteiger partial charge in [0, 0.05) is 13.3 Å². The molecule has 2 rings (SSSR count). The van der Waals surface area contributed by atoms with Crippen LogP contribution in [0, 0.1) is 5.92 Å². The van der Waals surface area contributed by atoms with E-state index in [4.69, 9.17) is 15.0 Å². The van der Waals surface area contributed by atoms with Crippen LogP contribution in [-0.4, -0.2) is 22.2 Å². The first-order valence-corrected chi connectivity index (χ1v) is 5.69. The molecule has 6 heteroatoms. The van der Waals surface area contributed by atoms with E-state index >= 15 is 0 Å². The second-order valence-corrected chi connectivity index (χ2v) is 4.32. The van der Waals surface area contributed by atoms with Gasteiger partial charge in [0.15, 0.2) is 0 Å². The van der Waals surface area contributed by atoms with E-state index < -0.39 is 0 Å². The highest BCUT2D eigenvalue weighted by Crippen LogP contribution is 2.27. The molecule has 0 aliphatic carbocycles. The van der Waals surface area contributed by atoms with Gasteiger partial charge in [-0.3, -0.25) is 4.98 Å². The van der Waals surface area contributed by atoms with Gasteiger partial charge >= 0.3 is 0 Å². The Hall–Kier alpha value is -1.95. The molecule has 0 saturated heterocycles. The summed E-state index contributed by atoms with van der Waals surface area (Å²) in [6, 6.07) is 1.74. The fraction of sp³-hybridized carbons (Fsp3) is 0.417. The third kappa shape index (κ3) is 2.33. The van der Waals surface area contributed by atoms with Crippen LogP contribution in [0.2, 0.25) is 0 Å². The molecule has 2 aromatic rings. The van der Waals surface area contributed by atoms with E-state index in [9.17, 15) is 0 Å². The molecular weight excluding hydrogens is 232 g/mol. The van der Waals surface area contributed by atoms with Crippen molar-refractivity contribution in [2.24, 2.45) is 5.92 Å². The predicted molar refractivity (Wildman–Crippen MR) is 66.5 cm³/mol. The molecule has 96 valence electrons. The average molecular weight is 248 g/mol. The summed E-state index contributed by atoms with van der Waals surface area (Å²) in [7, 11) is 1.63. The third-order valence-corrected chi connectivity index (χ3v) is 2.64. The lowest BCUT2D eigenvalue weighted by molar-refractivity contribution is 0.0556. The van der Waals surface area contributed by atoms with Gasteiger partial charge in [-0.05, 0) is 12.0 Å². The van der Waals surface area contributed by atoms with Crippen LogP contribution in [0.15, 0.2) is 23.0 Å². The highest BCUT2D eigenvalue weighted by Gasteiger charge is 2.22. The molecule has 6 nitrogen and oxygen atoms in total. The summed E-state index contributed by atoms with van der Waals surface area (Å²) in [4.78, 5) is 8.24. The molecule has 18 heavy (non-hydrogen) atoms. The fourth-order valence-electron chi connectivity index (χ4n) is 1.74. The number of pyridine rings is 1. The molecule has 0 aliphatic heterocycles. The lowest BCUT2D eigenvalue weighted by Crippen LogP contribution is -2.10. The first-order valence-electron chi connectivity index (χ1n) is 5.69. The standard InChI is InChI=1S/C12H16N4O2/c1-7(2)10(17-3)11-15-12(18-16-11)8-4-5-14-6-9(8)13/h4-7,10H,13H2,1-3H3. The Morgan fingerprint density at radius 1 is 1.39 bits per heavy atom. The lowest BCUT2D eigenvalue weighted by atomic mass is 10.1. The van der Waals surface area contributed by atoms with Crippen molar-refractivity contribution in [2.75, 3.05) is 12.8 Å². The zero-order valence-corrected chi connectivity index (χ0v) is 10.6. The van der Waals surface area contributed by atoms with Crippen LogP contribution in [0.4, 0.5) is 5.69 Å². The third-order valence-electron chi connectivity index (χ3n) is 2.64. The number of ether oxygens (including phenoxy) is 1. The summed E-state index contributed by atoms with van der Waals surface area (Å²) in [5.41, 5.74) is 7.00. The maximum atomic E-state index is 5.81. The SMILES string of the molecule is COC(c1noc(-c2ccncc2N)n1)C(C)C. The van der Waals surface area contributed by atoms with Crippen LogP contribution < -0.4 is 5.73 Å². The Kier molecular flexibility index (Phi) is 3.57. The highest BCUT2D eigenvalue weighted by molar-refractivity contribution is 5.68. The Bertz CT molecular complexity index is 524. The van der Waals surface area contributed by atoms with Gasteiger partial charge in [0.2, 0.25) is 5.82 Å². The fourth-order valence-corrected chi connectivity index (χ4v) is 1.74. The number of hydrogen-bond acceptors (Lipinski definition) is 6. The van der Waals surface area contributed by atoms with Crippen LogP contribution in [0.1, 0.15) is 25.8 Å². The highest BCUT2D eigenvalue weighted by atomic mass is 16.5. The topological polar surface area (TPSA) is 87.1 Å². The molecule has 0 bridgehead atoms. The van der Waals surface area contributed by atoms with E-state index in [0.717, 1.165) is 0 Å². The molecule has 2 N–H and O–H groups in total. The summed E-state index contributed by atoms with van der Waals surface area (Å²) in [6.45, 7) is 4.07. The largest absolute Gasteiger partial charge is 0.397 e. The second-order valence-electron chi connectivity index (χ2n) is 4.32. The minimum atomic E-state index is -0.189. The zero-order valence-electron chi connectivity index (χ0n) is 10.6. The van der Waals surface area contributed by atoms with E-state index in [1.165, 1.54) is 0 Å². The second kappa shape index (κ2) is 5.14. The smallest absolute Gasteiger partial charge is 0.260 e. The summed E-state index contributed by atoms with van der Waals surface area (Å²) in [6.07, 6.45) is 2.99. The quantitative estimate of drug-likeness (QED) is 0.891. The number of nitrogens with two attached hydrogens (primary N) is 1. The summed E-state index contributed by atoms with van der Waals surface area (Å²) >= 11 is 0. The van der Waals surface area contributed by atoms with Crippen molar-refractivity contribution in [2.45, 2.75) is 20.0 Å². The molecule has 0 spiro atoms. The van der Waals surface area contributed by atoms with Crippen LogP contribution in [-0.2, 0) is 4.74 Å².